The van der Waals surface area contributed by atoms with Crippen molar-refractivity contribution < 1.29 is 0 Å². The van der Waals surface area contributed by atoms with E-state index in [1.54, 1.807) is 18.9 Å². The van der Waals surface area contributed by atoms with Crippen LogP contribution < -0.4 is 0 Å². The van der Waals surface area contributed by atoms with E-state index in [-0.39, 0.29) is 0 Å². The van der Waals surface area contributed by atoms with Crippen molar-refractivity contribution in [3.05, 3.63) is 0 Å². The zero-order valence-corrected chi connectivity index (χ0v) is 12.3. The van der Waals surface area contributed by atoms with Gasteiger partial charge in [-0.2, -0.15) is 0 Å². The van der Waals surface area contributed by atoms with Crippen LogP contribution in [0.2, 0.25) is 25.7 Å². The summed E-state index contributed by atoms with van der Waals surface area (Å²) in [6.07, 6.45) is 10.4. The van der Waals surface area contributed by atoms with E-state index < -0.39 is 8.07 Å². The van der Waals surface area contributed by atoms with Crippen LogP contribution in [0.4, 0.5) is 0 Å². The van der Waals surface area contributed by atoms with E-state index in [1.165, 1.54) is 32.1 Å². The Morgan fingerprint density at radius 1 is 0.933 bits per heavy atom. The molecule has 0 saturated heterocycles. The average Bonchev–Trinajstić information content (AvgIpc) is 2.80. The van der Waals surface area contributed by atoms with Gasteiger partial charge in [0.05, 0.1) is 0 Å². The molecular formula is C14H30Si. The number of hydrogen-bond acceptors (Lipinski definition) is 0. The van der Waals surface area contributed by atoms with Crippen molar-refractivity contribution in [3.8, 4) is 0 Å². The van der Waals surface area contributed by atoms with Gasteiger partial charge in [0.15, 0.2) is 0 Å². The third-order valence-corrected chi connectivity index (χ3v) is 5.37. The van der Waals surface area contributed by atoms with Gasteiger partial charge >= 0.3 is 0 Å². The largest absolute Gasteiger partial charge is 0.0695 e. The molecule has 2 atom stereocenters. The van der Waals surface area contributed by atoms with Crippen molar-refractivity contribution in [2.24, 2.45) is 11.8 Å². The van der Waals surface area contributed by atoms with Crippen molar-refractivity contribution in [2.75, 3.05) is 0 Å². The van der Waals surface area contributed by atoms with E-state index in [4.69, 9.17) is 0 Å². The second kappa shape index (κ2) is 6.08. The first-order valence-corrected chi connectivity index (χ1v) is 10.7. The van der Waals surface area contributed by atoms with Gasteiger partial charge in [-0.05, 0) is 18.3 Å². The van der Waals surface area contributed by atoms with Crippen LogP contribution in [0.5, 0.6) is 0 Å². The predicted octanol–water partition coefficient (Wildman–Crippen LogP) is 5.32. The molecule has 0 bridgehead atoms. The fourth-order valence-corrected chi connectivity index (χ4v) is 4.78. The van der Waals surface area contributed by atoms with E-state index in [0.29, 0.717) is 0 Å². The summed E-state index contributed by atoms with van der Waals surface area (Å²) in [7, 11) is -0.760. The van der Waals surface area contributed by atoms with Crippen LogP contribution in [0.1, 0.15) is 51.9 Å². The van der Waals surface area contributed by atoms with Crippen LogP contribution in [0.3, 0.4) is 0 Å². The summed E-state index contributed by atoms with van der Waals surface area (Å²) >= 11 is 0. The smallest absolute Gasteiger partial charge is 0.0445 e. The lowest BCUT2D eigenvalue weighted by Crippen LogP contribution is -2.20. The second-order valence-electron chi connectivity index (χ2n) is 6.72. The summed E-state index contributed by atoms with van der Waals surface area (Å²) in [4.78, 5) is 0. The minimum atomic E-state index is -0.760. The van der Waals surface area contributed by atoms with Crippen LogP contribution in [0.25, 0.3) is 0 Å². The van der Waals surface area contributed by atoms with E-state index in [1.807, 2.05) is 0 Å². The molecule has 2 unspecified atom stereocenters. The van der Waals surface area contributed by atoms with Crippen LogP contribution in [-0.2, 0) is 0 Å². The van der Waals surface area contributed by atoms with Crippen molar-refractivity contribution in [2.45, 2.75) is 77.6 Å². The third kappa shape index (κ3) is 6.39. The maximum Gasteiger partial charge on any atom is 0.0445 e. The quantitative estimate of drug-likeness (QED) is 0.388. The van der Waals surface area contributed by atoms with Gasteiger partial charge < -0.3 is 0 Å². The summed E-state index contributed by atoms with van der Waals surface area (Å²) < 4.78 is 0. The van der Waals surface area contributed by atoms with Crippen molar-refractivity contribution in [1.29, 1.82) is 0 Å². The van der Waals surface area contributed by atoms with Crippen molar-refractivity contribution >= 4 is 8.07 Å². The lowest BCUT2D eigenvalue weighted by molar-refractivity contribution is 0.563. The minimum Gasteiger partial charge on any atom is -0.0695 e. The maximum absolute atomic E-state index is 2.52. The van der Waals surface area contributed by atoms with Crippen LogP contribution >= 0.6 is 0 Å². The Kier molecular flexibility index (Phi) is 5.38. The Bertz CT molecular complexity index is 169. The van der Waals surface area contributed by atoms with E-state index in [0.717, 1.165) is 11.8 Å². The minimum absolute atomic E-state index is 0.760. The lowest BCUT2D eigenvalue weighted by atomic mass is 10.1. The molecule has 0 aromatic carbocycles. The Morgan fingerprint density at radius 2 is 1.60 bits per heavy atom. The van der Waals surface area contributed by atoms with Crippen LogP contribution in [0.15, 0.2) is 0 Å². The topological polar surface area (TPSA) is 0 Å². The molecule has 1 saturated carbocycles. The molecule has 0 radical (unpaired) electrons. The molecule has 1 heteroatoms. The van der Waals surface area contributed by atoms with Gasteiger partial charge in [0, 0.05) is 8.07 Å². The molecule has 0 aromatic rings. The molecular weight excluding hydrogens is 196 g/mol. The molecule has 0 N–H and O–H groups in total. The van der Waals surface area contributed by atoms with Gasteiger partial charge in [-0.25, -0.2) is 0 Å². The molecule has 1 aliphatic rings. The van der Waals surface area contributed by atoms with Gasteiger partial charge in [-0.15, -0.1) is 0 Å². The SMILES string of the molecule is CCCCCCCC1CC1C[Si](C)(C)C. The highest BCUT2D eigenvalue weighted by Gasteiger charge is 2.38. The third-order valence-electron chi connectivity index (χ3n) is 3.62. The van der Waals surface area contributed by atoms with Crippen LogP contribution in [-0.4, -0.2) is 8.07 Å². The molecule has 0 aliphatic heterocycles. The molecule has 1 rings (SSSR count). The normalized spacial score (nSPS) is 25.6. The van der Waals surface area contributed by atoms with E-state index >= 15 is 0 Å². The number of rotatable bonds is 8. The summed E-state index contributed by atoms with van der Waals surface area (Å²) in [5, 5.41) is 0. The van der Waals surface area contributed by atoms with E-state index in [2.05, 4.69) is 26.6 Å². The summed E-state index contributed by atoms with van der Waals surface area (Å²) in [5.74, 6) is 2.28. The Hall–Kier alpha value is 0.217. The molecule has 90 valence electrons. The first-order valence-electron chi connectivity index (χ1n) is 7.03. The highest BCUT2D eigenvalue weighted by atomic mass is 28.3. The first kappa shape index (κ1) is 13.3. The van der Waals surface area contributed by atoms with Gasteiger partial charge in [0.2, 0.25) is 0 Å². The summed E-state index contributed by atoms with van der Waals surface area (Å²) in [6.45, 7) is 9.85. The van der Waals surface area contributed by atoms with Gasteiger partial charge in [0.1, 0.15) is 0 Å². The maximum atomic E-state index is 2.52. The summed E-state index contributed by atoms with van der Waals surface area (Å²) in [5.41, 5.74) is 0. The average molecular weight is 226 g/mol. The van der Waals surface area contributed by atoms with Gasteiger partial charge in [-0.1, -0.05) is 71.1 Å². The summed E-state index contributed by atoms with van der Waals surface area (Å²) in [6, 6.07) is 1.59. The van der Waals surface area contributed by atoms with Gasteiger partial charge in [0.25, 0.3) is 0 Å². The number of hydrogen-bond donors (Lipinski definition) is 0. The molecule has 15 heavy (non-hydrogen) atoms. The van der Waals surface area contributed by atoms with Crippen molar-refractivity contribution in [1.82, 2.24) is 0 Å². The fourth-order valence-electron chi connectivity index (χ4n) is 2.71. The molecule has 0 aromatic heterocycles. The molecule has 1 aliphatic carbocycles. The Labute approximate surface area is 97.9 Å². The first-order chi connectivity index (χ1) is 7.03. The molecule has 0 amide bonds. The highest BCUT2D eigenvalue weighted by Crippen LogP contribution is 2.47. The monoisotopic (exact) mass is 226 g/mol. The van der Waals surface area contributed by atoms with Crippen molar-refractivity contribution in [3.63, 3.8) is 0 Å². The predicted molar refractivity (Wildman–Crippen MR) is 73.1 cm³/mol. The molecule has 0 heterocycles. The zero-order valence-electron chi connectivity index (χ0n) is 11.3. The standard InChI is InChI=1S/C14H30Si/c1-5-6-7-8-9-10-13-11-14(13)12-15(2,3)4/h13-14H,5-12H2,1-4H3. The number of unbranched alkanes of at least 4 members (excludes halogenated alkanes) is 4. The Balaban J connectivity index is 1.93. The second-order valence-corrected chi connectivity index (χ2v) is 12.3. The van der Waals surface area contributed by atoms with Crippen LogP contribution in [0, 0.1) is 11.8 Å². The molecule has 0 nitrogen and oxygen atoms in total. The van der Waals surface area contributed by atoms with Gasteiger partial charge in [-0.3, -0.25) is 0 Å². The fraction of sp³-hybridized carbons (Fsp3) is 1.00. The lowest BCUT2D eigenvalue weighted by Gasteiger charge is -2.15. The zero-order chi connectivity index (χ0) is 11.3. The highest BCUT2D eigenvalue weighted by molar-refractivity contribution is 6.76. The molecule has 1 fully saturated rings. The van der Waals surface area contributed by atoms with E-state index in [9.17, 15) is 0 Å². The molecule has 0 spiro atoms. The Morgan fingerprint density at radius 3 is 2.20 bits per heavy atom.